The molecule has 5 heterocycles. The van der Waals surface area contributed by atoms with Crippen molar-refractivity contribution in [2.24, 2.45) is 0 Å². The summed E-state index contributed by atoms with van der Waals surface area (Å²) in [5, 5.41) is 5.47. The molecule has 0 aliphatic carbocycles. The van der Waals surface area contributed by atoms with Gasteiger partial charge in [-0.2, -0.15) is 5.10 Å². The van der Waals surface area contributed by atoms with E-state index in [0.29, 0.717) is 5.56 Å². The van der Waals surface area contributed by atoms with Gasteiger partial charge in [-0.25, -0.2) is 9.50 Å². The van der Waals surface area contributed by atoms with Gasteiger partial charge in [0.25, 0.3) is 5.91 Å². The highest BCUT2D eigenvalue weighted by atomic mass is 16.2. The predicted molar refractivity (Wildman–Crippen MR) is 113 cm³/mol. The molecule has 29 heavy (non-hydrogen) atoms. The lowest BCUT2D eigenvalue weighted by Crippen LogP contribution is -2.44. The summed E-state index contributed by atoms with van der Waals surface area (Å²) in [5.41, 5.74) is 4.43. The fraction of sp³-hybridized carbons (Fsp3) is 0.318. The fourth-order valence-electron chi connectivity index (χ4n) is 4.25. The van der Waals surface area contributed by atoms with Crippen LogP contribution in [0.4, 0.5) is 0 Å². The molecule has 1 aliphatic heterocycles. The second-order valence-electron chi connectivity index (χ2n) is 7.86. The number of likely N-dealkylation sites (tertiary alicyclic amines) is 1. The van der Waals surface area contributed by atoms with Crippen LogP contribution in [0.3, 0.4) is 0 Å². The Morgan fingerprint density at radius 1 is 1.28 bits per heavy atom. The molecule has 0 aromatic carbocycles. The Kier molecular flexibility index (Phi) is 4.32. The number of H-pyrrole nitrogens is 1. The number of aromatic nitrogens is 4. The molecule has 7 nitrogen and oxygen atoms in total. The van der Waals surface area contributed by atoms with Crippen molar-refractivity contribution in [2.45, 2.75) is 18.9 Å². The normalized spacial score (nSPS) is 15.9. The van der Waals surface area contributed by atoms with Crippen LogP contribution < -0.4 is 0 Å². The van der Waals surface area contributed by atoms with E-state index in [4.69, 9.17) is 0 Å². The molecule has 0 saturated carbocycles. The molecule has 5 rings (SSSR count). The van der Waals surface area contributed by atoms with Crippen molar-refractivity contribution in [1.29, 1.82) is 0 Å². The molecule has 7 heteroatoms. The molecule has 0 radical (unpaired) electrons. The molecule has 1 fully saturated rings. The van der Waals surface area contributed by atoms with E-state index in [-0.39, 0.29) is 11.9 Å². The van der Waals surface area contributed by atoms with Crippen molar-refractivity contribution in [2.75, 3.05) is 27.2 Å². The number of carbonyl (C=O) groups excluding carboxylic acids is 1. The predicted octanol–water partition coefficient (Wildman–Crippen LogP) is 3.04. The van der Waals surface area contributed by atoms with Gasteiger partial charge in [-0.15, -0.1) is 0 Å². The van der Waals surface area contributed by atoms with Gasteiger partial charge in [0.1, 0.15) is 5.65 Å². The van der Waals surface area contributed by atoms with Gasteiger partial charge in [0.2, 0.25) is 0 Å². The van der Waals surface area contributed by atoms with Crippen molar-refractivity contribution in [3.8, 4) is 11.1 Å². The van der Waals surface area contributed by atoms with Gasteiger partial charge in [-0.1, -0.05) is 0 Å². The van der Waals surface area contributed by atoms with Gasteiger partial charge in [0, 0.05) is 42.6 Å². The second-order valence-corrected chi connectivity index (χ2v) is 7.86. The lowest BCUT2D eigenvalue weighted by atomic mass is 10.0. The molecule has 4 aromatic rings. The van der Waals surface area contributed by atoms with Crippen LogP contribution in [0.25, 0.3) is 27.7 Å². The molecule has 1 N–H and O–H groups in total. The van der Waals surface area contributed by atoms with E-state index in [1.165, 1.54) is 0 Å². The first-order chi connectivity index (χ1) is 14.1. The van der Waals surface area contributed by atoms with Gasteiger partial charge < -0.3 is 14.8 Å². The number of carbonyl (C=O) groups is 1. The first-order valence-corrected chi connectivity index (χ1v) is 9.97. The van der Waals surface area contributed by atoms with Crippen molar-refractivity contribution >= 4 is 22.5 Å². The second kappa shape index (κ2) is 7.00. The smallest absolute Gasteiger partial charge is 0.257 e. The van der Waals surface area contributed by atoms with Crippen LogP contribution in [0.15, 0.2) is 49.1 Å². The van der Waals surface area contributed by atoms with E-state index >= 15 is 0 Å². The number of aromatic amines is 1. The third-order valence-electron chi connectivity index (χ3n) is 6.07. The summed E-state index contributed by atoms with van der Waals surface area (Å²) in [5.74, 6) is 0.0345. The topological polar surface area (TPSA) is 69.5 Å². The van der Waals surface area contributed by atoms with Crippen molar-refractivity contribution in [3.63, 3.8) is 0 Å². The minimum absolute atomic E-state index is 0.0345. The van der Waals surface area contributed by atoms with E-state index in [2.05, 4.69) is 33.1 Å². The van der Waals surface area contributed by atoms with E-state index in [9.17, 15) is 4.79 Å². The Labute approximate surface area is 169 Å². The largest absolute Gasteiger partial charge is 0.346 e. The molecule has 148 valence electrons. The Balaban J connectivity index is 1.50. The quantitative estimate of drug-likeness (QED) is 0.586. The molecular formula is C22H24N6O. The maximum atomic E-state index is 13.3. The maximum absolute atomic E-state index is 13.3. The monoisotopic (exact) mass is 388 g/mol. The zero-order chi connectivity index (χ0) is 20.0. The first-order valence-electron chi connectivity index (χ1n) is 9.97. The number of rotatable bonds is 3. The highest BCUT2D eigenvalue weighted by Crippen LogP contribution is 2.29. The van der Waals surface area contributed by atoms with Crippen LogP contribution in [0.5, 0.6) is 0 Å². The molecule has 0 unspecified atom stereocenters. The summed E-state index contributed by atoms with van der Waals surface area (Å²) in [7, 11) is 4.04. The highest BCUT2D eigenvalue weighted by molar-refractivity contribution is 6.02. The van der Waals surface area contributed by atoms with Crippen LogP contribution >= 0.6 is 0 Å². The molecule has 0 atom stereocenters. The first kappa shape index (κ1) is 17.9. The SMILES string of the molecule is CN1CCC(N(C)C(=O)c2cnn3ccc(-c4c[nH]c5ncccc45)cc23)CC1. The minimum Gasteiger partial charge on any atom is -0.346 e. The van der Waals surface area contributed by atoms with Gasteiger partial charge in [-0.05, 0) is 62.8 Å². The van der Waals surface area contributed by atoms with Crippen molar-refractivity contribution < 1.29 is 4.79 Å². The van der Waals surface area contributed by atoms with Gasteiger partial charge in [0.05, 0.1) is 17.3 Å². The maximum Gasteiger partial charge on any atom is 0.257 e. The van der Waals surface area contributed by atoms with E-state index in [0.717, 1.165) is 53.6 Å². The molecule has 1 aliphatic rings. The summed E-state index contributed by atoms with van der Waals surface area (Å²) in [6, 6.07) is 8.32. The summed E-state index contributed by atoms with van der Waals surface area (Å²) in [6.45, 7) is 2.05. The van der Waals surface area contributed by atoms with E-state index in [1.54, 1.807) is 16.9 Å². The molecule has 0 bridgehead atoms. The van der Waals surface area contributed by atoms with E-state index in [1.807, 2.05) is 42.5 Å². The third kappa shape index (κ3) is 3.07. The number of hydrogen-bond acceptors (Lipinski definition) is 4. The van der Waals surface area contributed by atoms with Crippen LogP contribution in [0.2, 0.25) is 0 Å². The lowest BCUT2D eigenvalue weighted by Gasteiger charge is -2.35. The summed E-state index contributed by atoms with van der Waals surface area (Å²) < 4.78 is 1.77. The zero-order valence-corrected chi connectivity index (χ0v) is 16.7. The molecule has 1 saturated heterocycles. The van der Waals surface area contributed by atoms with Crippen molar-refractivity contribution in [3.05, 3.63) is 54.6 Å². The Hall–Kier alpha value is -3.19. The van der Waals surface area contributed by atoms with Crippen LogP contribution in [-0.2, 0) is 0 Å². The van der Waals surface area contributed by atoms with E-state index < -0.39 is 0 Å². The molecule has 1 amide bonds. The van der Waals surface area contributed by atoms with Crippen LogP contribution in [0.1, 0.15) is 23.2 Å². The van der Waals surface area contributed by atoms with Gasteiger partial charge in [-0.3, -0.25) is 4.79 Å². The standard InChI is InChI=1S/C22H24N6O/c1-26-9-6-16(7-10-26)27(2)22(29)19-14-25-28-11-5-15(12-20(19)28)18-13-24-21-17(18)4-3-8-23-21/h3-5,8,11-14,16H,6-7,9-10H2,1-2H3,(H,23,24). The average Bonchev–Trinajstić information content (AvgIpc) is 3.37. The molecule has 4 aromatic heterocycles. The number of hydrogen-bond donors (Lipinski definition) is 1. The van der Waals surface area contributed by atoms with Gasteiger partial charge >= 0.3 is 0 Å². The number of pyridine rings is 2. The zero-order valence-electron chi connectivity index (χ0n) is 16.7. The fourth-order valence-corrected chi connectivity index (χ4v) is 4.25. The molecule has 0 spiro atoms. The average molecular weight is 388 g/mol. The number of nitrogens with one attached hydrogen (secondary N) is 1. The summed E-state index contributed by atoms with van der Waals surface area (Å²) >= 11 is 0. The number of amides is 1. The third-order valence-corrected chi connectivity index (χ3v) is 6.07. The van der Waals surface area contributed by atoms with Crippen LogP contribution in [-0.4, -0.2) is 68.5 Å². The number of nitrogens with zero attached hydrogens (tertiary/aromatic N) is 5. The Morgan fingerprint density at radius 3 is 2.93 bits per heavy atom. The summed E-state index contributed by atoms with van der Waals surface area (Å²) in [4.78, 5) is 25.0. The highest BCUT2D eigenvalue weighted by Gasteiger charge is 2.26. The minimum atomic E-state index is 0.0345. The Morgan fingerprint density at radius 2 is 2.10 bits per heavy atom. The van der Waals surface area contributed by atoms with Gasteiger partial charge in [0.15, 0.2) is 0 Å². The number of fused-ring (bicyclic) bond motifs is 2. The van der Waals surface area contributed by atoms with Crippen LogP contribution in [0, 0.1) is 0 Å². The Bertz CT molecular complexity index is 1180. The summed E-state index contributed by atoms with van der Waals surface area (Å²) in [6.07, 6.45) is 9.34. The van der Waals surface area contributed by atoms with Crippen molar-refractivity contribution in [1.82, 2.24) is 29.4 Å². The number of piperidine rings is 1. The molecular weight excluding hydrogens is 364 g/mol. The lowest BCUT2D eigenvalue weighted by molar-refractivity contribution is 0.0661.